The average Bonchev–Trinajstić information content (AvgIpc) is 2.54. The molecule has 0 aliphatic heterocycles. The lowest BCUT2D eigenvalue weighted by molar-refractivity contribution is -0.119. The minimum Gasteiger partial charge on any atom is -0.359 e. The number of nitrogens with zero attached hydrogens (tertiary/aromatic N) is 1. The highest BCUT2D eigenvalue weighted by Crippen LogP contribution is 2.30. The zero-order valence-electron chi connectivity index (χ0n) is 12.8. The largest absolute Gasteiger partial charge is 0.359 e. The molecule has 3 aromatic rings. The van der Waals surface area contributed by atoms with Gasteiger partial charge in [0, 0.05) is 18.6 Å². The number of carbonyl (C=O) groups excluding carboxylic acids is 1. The maximum Gasteiger partial charge on any atom is 0.224 e. The second kappa shape index (κ2) is 5.98. The van der Waals surface area contributed by atoms with Crippen LogP contribution in [0.3, 0.4) is 0 Å². The van der Waals surface area contributed by atoms with Crippen LogP contribution in [0, 0.1) is 6.92 Å². The van der Waals surface area contributed by atoms with Crippen molar-refractivity contribution in [2.75, 3.05) is 7.05 Å². The van der Waals surface area contributed by atoms with Crippen molar-refractivity contribution in [3.63, 3.8) is 0 Å². The predicted octanol–water partition coefficient (Wildman–Crippen LogP) is 3.50. The molecule has 1 N–H and O–H groups in total. The van der Waals surface area contributed by atoms with Gasteiger partial charge >= 0.3 is 0 Å². The highest BCUT2D eigenvalue weighted by Gasteiger charge is 2.08. The summed E-state index contributed by atoms with van der Waals surface area (Å²) in [4.78, 5) is 16.0. The summed E-state index contributed by atoms with van der Waals surface area (Å²) in [5, 5.41) is 3.76. The quantitative estimate of drug-likeness (QED) is 0.802. The van der Waals surface area contributed by atoms with Crippen LogP contribution in [0.1, 0.15) is 11.1 Å². The lowest BCUT2D eigenvalue weighted by atomic mass is 9.96. The van der Waals surface area contributed by atoms with Gasteiger partial charge < -0.3 is 5.32 Å². The Morgan fingerprint density at radius 1 is 1.09 bits per heavy atom. The molecule has 0 fully saturated rings. The van der Waals surface area contributed by atoms with Crippen LogP contribution >= 0.6 is 0 Å². The van der Waals surface area contributed by atoms with E-state index in [2.05, 4.69) is 41.5 Å². The Labute approximate surface area is 130 Å². The fourth-order valence-electron chi connectivity index (χ4n) is 2.69. The Hall–Kier alpha value is -2.68. The van der Waals surface area contributed by atoms with Crippen molar-refractivity contribution in [3.05, 3.63) is 65.9 Å². The molecule has 3 heteroatoms. The number of likely N-dealkylation sites (N-methyl/N-ethyl adjacent to an activating group) is 1. The standard InChI is InChI=1S/C19H18N2O/c1-13-5-3-4-6-15(13)16-9-10-21-18-11-14(7-8-17(16)18)12-19(22)20-2/h3-11H,12H2,1-2H3,(H,20,22). The third-order valence-electron chi connectivity index (χ3n) is 3.89. The molecule has 0 bridgehead atoms. The molecule has 0 aliphatic rings. The molecule has 3 nitrogen and oxygen atoms in total. The summed E-state index contributed by atoms with van der Waals surface area (Å²) in [6.45, 7) is 2.11. The maximum absolute atomic E-state index is 11.5. The number of carbonyl (C=O) groups is 1. The van der Waals surface area contributed by atoms with Crippen LogP contribution in [0.5, 0.6) is 0 Å². The zero-order valence-corrected chi connectivity index (χ0v) is 12.8. The average molecular weight is 290 g/mol. The van der Waals surface area contributed by atoms with Gasteiger partial charge in [-0.1, -0.05) is 36.4 Å². The molecule has 0 saturated heterocycles. The van der Waals surface area contributed by atoms with Crippen LogP contribution in [-0.4, -0.2) is 17.9 Å². The number of fused-ring (bicyclic) bond motifs is 1. The minimum atomic E-state index is 0.00871. The van der Waals surface area contributed by atoms with Gasteiger partial charge in [0.2, 0.25) is 5.91 Å². The molecule has 0 radical (unpaired) electrons. The normalized spacial score (nSPS) is 10.6. The molecular weight excluding hydrogens is 272 g/mol. The van der Waals surface area contributed by atoms with Crippen LogP contribution in [-0.2, 0) is 11.2 Å². The van der Waals surface area contributed by atoms with Crippen molar-refractivity contribution in [1.29, 1.82) is 0 Å². The molecule has 0 spiro atoms. The number of pyridine rings is 1. The Bertz CT molecular complexity index is 840. The van der Waals surface area contributed by atoms with Gasteiger partial charge in [-0.3, -0.25) is 9.78 Å². The maximum atomic E-state index is 11.5. The van der Waals surface area contributed by atoms with Crippen molar-refractivity contribution in [1.82, 2.24) is 10.3 Å². The van der Waals surface area contributed by atoms with Gasteiger partial charge in [0.15, 0.2) is 0 Å². The van der Waals surface area contributed by atoms with Gasteiger partial charge in [-0.05, 0) is 41.3 Å². The highest BCUT2D eigenvalue weighted by molar-refractivity contribution is 5.95. The van der Waals surface area contributed by atoms with E-state index in [1.807, 2.05) is 30.5 Å². The van der Waals surface area contributed by atoms with Gasteiger partial charge in [-0.15, -0.1) is 0 Å². The highest BCUT2D eigenvalue weighted by atomic mass is 16.1. The topological polar surface area (TPSA) is 42.0 Å². The van der Waals surface area contributed by atoms with E-state index >= 15 is 0 Å². The van der Waals surface area contributed by atoms with Crippen molar-refractivity contribution in [2.24, 2.45) is 0 Å². The monoisotopic (exact) mass is 290 g/mol. The van der Waals surface area contributed by atoms with E-state index in [0.29, 0.717) is 6.42 Å². The Kier molecular flexibility index (Phi) is 3.88. The van der Waals surface area contributed by atoms with Crippen molar-refractivity contribution in [3.8, 4) is 11.1 Å². The van der Waals surface area contributed by atoms with Gasteiger partial charge in [-0.25, -0.2) is 0 Å². The second-order valence-electron chi connectivity index (χ2n) is 5.37. The SMILES string of the molecule is CNC(=O)Cc1ccc2c(-c3ccccc3C)ccnc2c1. The summed E-state index contributed by atoms with van der Waals surface area (Å²) >= 11 is 0. The molecule has 1 aromatic heterocycles. The first kappa shape index (κ1) is 14.3. The molecule has 2 aromatic carbocycles. The summed E-state index contributed by atoms with van der Waals surface area (Å²) in [5.74, 6) is 0.00871. The van der Waals surface area contributed by atoms with Gasteiger partial charge in [0.05, 0.1) is 11.9 Å². The molecule has 1 amide bonds. The minimum absolute atomic E-state index is 0.00871. The zero-order chi connectivity index (χ0) is 15.5. The van der Waals surface area contributed by atoms with Crippen LogP contribution in [0.15, 0.2) is 54.7 Å². The number of nitrogens with one attached hydrogen (secondary N) is 1. The van der Waals surface area contributed by atoms with E-state index in [0.717, 1.165) is 16.5 Å². The van der Waals surface area contributed by atoms with Gasteiger partial charge in [-0.2, -0.15) is 0 Å². The first-order valence-corrected chi connectivity index (χ1v) is 7.33. The van der Waals surface area contributed by atoms with Crippen molar-refractivity contribution < 1.29 is 4.79 Å². The number of benzene rings is 2. The van der Waals surface area contributed by atoms with E-state index in [-0.39, 0.29) is 5.91 Å². The molecule has 110 valence electrons. The summed E-state index contributed by atoms with van der Waals surface area (Å²) in [6.07, 6.45) is 2.20. The molecule has 0 unspecified atom stereocenters. The Morgan fingerprint density at radius 2 is 1.91 bits per heavy atom. The van der Waals surface area contributed by atoms with Crippen LogP contribution in [0.2, 0.25) is 0 Å². The van der Waals surface area contributed by atoms with Gasteiger partial charge in [0.1, 0.15) is 0 Å². The van der Waals surface area contributed by atoms with Crippen molar-refractivity contribution >= 4 is 16.8 Å². The van der Waals surface area contributed by atoms with Crippen molar-refractivity contribution in [2.45, 2.75) is 13.3 Å². The fourth-order valence-corrected chi connectivity index (χ4v) is 2.69. The van der Waals surface area contributed by atoms with Crippen LogP contribution in [0.25, 0.3) is 22.0 Å². The molecule has 0 atom stereocenters. The van der Waals surface area contributed by atoms with E-state index in [1.54, 1.807) is 7.05 Å². The Morgan fingerprint density at radius 3 is 2.68 bits per heavy atom. The fraction of sp³-hybridized carbons (Fsp3) is 0.158. The summed E-state index contributed by atoms with van der Waals surface area (Å²) in [7, 11) is 1.65. The Balaban J connectivity index is 2.10. The second-order valence-corrected chi connectivity index (χ2v) is 5.37. The number of aromatic nitrogens is 1. The first-order chi connectivity index (χ1) is 10.7. The lowest BCUT2D eigenvalue weighted by Crippen LogP contribution is -2.19. The summed E-state index contributed by atoms with van der Waals surface area (Å²) in [6, 6.07) is 16.4. The van der Waals surface area contributed by atoms with Crippen LogP contribution < -0.4 is 5.32 Å². The van der Waals surface area contributed by atoms with E-state index in [9.17, 15) is 4.79 Å². The third kappa shape index (κ3) is 2.70. The number of amides is 1. The lowest BCUT2D eigenvalue weighted by Gasteiger charge is -2.10. The number of aryl methyl sites for hydroxylation is 1. The van der Waals surface area contributed by atoms with E-state index < -0.39 is 0 Å². The molecule has 0 aliphatic carbocycles. The first-order valence-electron chi connectivity index (χ1n) is 7.33. The summed E-state index contributed by atoms with van der Waals surface area (Å²) in [5.41, 5.74) is 5.52. The smallest absolute Gasteiger partial charge is 0.224 e. The van der Waals surface area contributed by atoms with E-state index in [4.69, 9.17) is 0 Å². The van der Waals surface area contributed by atoms with Gasteiger partial charge in [0.25, 0.3) is 0 Å². The molecule has 22 heavy (non-hydrogen) atoms. The third-order valence-corrected chi connectivity index (χ3v) is 3.89. The summed E-state index contributed by atoms with van der Waals surface area (Å²) < 4.78 is 0. The number of rotatable bonds is 3. The number of hydrogen-bond acceptors (Lipinski definition) is 2. The molecule has 1 heterocycles. The molecule has 3 rings (SSSR count). The van der Waals surface area contributed by atoms with E-state index in [1.165, 1.54) is 16.7 Å². The number of hydrogen-bond donors (Lipinski definition) is 1. The van der Waals surface area contributed by atoms with Crippen LogP contribution in [0.4, 0.5) is 0 Å². The predicted molar refractivity (Wildman–Crippen MR) is 89.7 cm³/mol. The molecular formula is C19H18N2O. The molecule has 0 saturated carbocycles.